The number of hydrogen-bond donors (Lipinski definition) is 0. The molecule has 0 amide bonds. The van der Waals surface area contributed by atoms with Gasteiger partial charge in [-0.15, -0.1) is 0 Å². The molecule has 122 valence electrons. The zero-order valence-corrected chi connectivity index (χ0v) is 14.0. The zero-order chi connectivity index (χ0) is 16.4. The van der Waals surface area contributed by atoms with Crippen LogP contribution in [0.25, 0.3) is 22.2 Å². The van der Waals surface area contributed by atoms with E-state index < -0.39 is 0 Å². The van der Waals surface area contributed by atoms with Gasteiger partial charge in [-0.2, -0.15) is 0 Å². The molecule has 0 unspecified atom stereocenters. The Bertz CT molecular complexity index is 831. The second-order valence-corrected chi connectivity index (χ2v) is 6.58. The number of aromatic nitrogens is 3. The topological polar surface area (TPSA) is 41.9 Å². The minimum absolute atomic E-state index is 0.722. The third-order valence-corrected chi connectivity index (χ3v) is 4.95. The highest BCUT2D eigenvalue weighted by Gasteiger charge is 2.19. The van der Waals surface area contributed by atoms with Gasteiger partial charge in [0.25, 0.3) is 0 Å². The summed E-state index contributed by atoms with van der Waals surface area (Å²) in [6, 6.07) is 11.3. The predicted molar refractivity (Wildman–Crippen MR) is 96.7 cm³/mol. The van der Waals surface area contributed by atoms with Crippen LogP contribution in [0.4, 0.5) is 0 Å². The summed E-state index contributed by atoms with van der Waals surface area (Å²) in [6.07, 6.45) is 8.89. The van der Waals surface area contributed by atoms with Gasteiger partial charge in [0.1, 0.15) is 0 Å². The highest BCUT2D eigenvalue weighted by molar-refractivity contribution is 5.83. The monoisotopic (exact) mass is 318 g/mol. The second kappa shape index (κ2) is 6.65. The van der Waals surface area contributed by atoms with Crippen LogP contribution in [0.1, 0.15) is 25.5 Å². The molecule has 24 heavy (non-hydrogen) atoms. The van der Waals surface area contributed by atoms with E-state index in [4.69, 9.17) is 4.98 Å². The summed E-state index contributed by atoms with van der Waals surface area (Å²) < 4.78 is 0. The summed E-state index contributed by atoms with van der Waals surface area (Å²) in [4.78, 5) is 15.9. The van der Waals surface area contributed by atoms with Crippen molar-refractivity contribution in [3.63, 3.8) is 0 Å². The van der Waals surface area contributed by atoms with E-state index >= 15 is 0 Å². The predicted octanol–water partition coefficient (Wildman–Crippen LogP) is 3.72. The van der Waals surface area contributed by atoms with Gasteiger partial charge in [0, 0.05) is 48.0 Å². The minimum Gasteiger partial charge on any atom is -0.300 e. The summed E-state index contributed by atoms with van der Waals surface area (Å²) in [6.45, 7) is 4.67. The molecule has 4 nitrogen and oxygen atoms in total. The fourth-order valence-corrected chi connectivity index (χ4v) is 3.50. The number of likely N-dealkylation sites (tertiary alicyclic amines) is 1. The Morgan fingerprint density at radius 2 is 2.12 bits per heavy atom. The van der Waals surface area contributed by atoms with E-state index in [1.165, 1.54) is 25.1 Å². The molecule has 1 aromatic carbocycles. The summed E-state index contributed by atoms with van der Waals surface area (Å²) in [7, 11) is 0. The number of rotatable bonds is 4. The lowest BCUT2D eigenvalue weighted by atomic mass is 10.1. The van der Waals surface area contributed by atoms with Gasteiger partial charge in [-0.05, 0) is 44.5 Å². The van der Waals surface area contributed by atoms with Gasteiger partial charge in [0.15, 0.2) is 0 Å². The van der Waals surface area contributed by atoms with E-state index in [2.05, 4.69) is 52.1 Å². The second-order valence-electron chi connectivity index (χ2n) is 6.58. The number of benzene rings is 1. The van der Waals surface area contributed by atoms with Crippen molar-refractivity contribution < 1.29 is 0 Å². The van der Waals surface area contributed by atoms with E-state index in [1.54, 1.807) is 18.6 Å². The Balaban J connectivity index is 1.53. The zero-order valence-electron chi connectivity index (χ0n) is 14.0. The minimum atomic E-state index is 0.722. The molecule has 0 N–H and O–H groups in total. The van der Waals surface area contributed by atoms with E-state index in [1.807, 2.05) is 0 Å². The van der Waals surface area contributed by atoms with Crippen LogP contribution in [-0.4, -0.2) is 39.0 Å². The molecule has 0 radical (unpaired) electrons. The van der Waals surface area contributed by atoms with Crippen molar-refractivity contribution in [2.75, 3.05) is 13.1 Å². The lowest BCUT2D eigenvalue weighted by molar-refractivity contribution is 0.271. The molecule has 0 saturated carbocycles. The fraction of sp³-hybridized carbons (Fsp3) is 0.350. The Hall–Kier alpha value is -2.33. The van der Waals surface area contributed by atoms with Crippen molar-refractivity contribution in [2.24, 2.45) is 0 Å². The third-order valence-electron chi connectivity index (χ3n) is 4.95. The maximum atomic E-state index is 4.83. The molecule has 4 rings (SSSR count). The van der Waals surface area contributed by atoms with Gasteiger partial charge in [-0.25, -0.2) is 0 Å². The van der Waals surface area contributed by atoms with Crippen LogP contribution in [0.3, 0.4) is 0 Å². The summed E-state index contributed by atoms with van der Waals surface area (Å²) in [5, 5.41) is 1.15. The van der Waals surface area contributed by atoms with E-state index in [0.717, 1.165) is 41.2 Å². The number of fused-ring (bicyclic) bond motifs is 1. The molecule has 3 aromatic rings. The molecular weight excluding hydrogens is 296 g/mol. The van der Waals surface area contributed by atoms with Crippen molar-refractivity contribution in [3.8, 4) is 11.3 Å². The molecule has 0 bridgehead atoms. The molecule has 1 fully saturated rings. The van der Waals surface area contributed by atoms with Crippen LogP contribution in [0.2, 0.25) is 0 Å². The maximum absolute atomic E-state index is 4.83. The van der Waals surface area contributed by atoms with Crippen LogP contribution >= 0.6 is 0 Å². The molecule has 1 saturated heterocycles. The normalized spacial score (nSPS) is 18.3. The van der Waals surface area contributed by atoms with Crippen molar-refractivity contribution >= 4 is 10.9 Å². The van der Waals surface area contributed by atoms with Gasteiger partial charge in [0.05, 0.1) is 17.4 Å². The first kappa shape index (κ1) is 15.2. The van der Waals surface area contributed by atoms with E-state index in [0.29, 0.717) is 0 Å². The summed E-state index contributed by atoms with van der Waals surface area (Å²) in [5.74, 6) is 0. The van der Waals surface area contributed by atoms with Gasteiger partial charge < -0.3 is 4.90 Å². The average Bonchev–Trinajstić information content (AvgIpc) is 3.05. The van der Waals surface area contributed by atoms with Crippen LogP contribution in [0.5, 0.6) is 0 Å². The number of nitrogens with zero attached hydrogens (tertiary/aromatic N) is 4. The lowest BCUT2D eigenvalue weighted by Gasteiger charge is -2.20. The van der Waals surface area contributed by atoms with Gasteiger partial charge in [-0.1, -0.05) is 12.1 Å². The third kappa shape index (κ3) is 3.15. The Morgan fingerprint density at radius 1 is 1.17 bits per heavy atom. The first-order valence-corrected chi connectivity index (χ1v) is 8.70. The average molecular weight is 318 g/mol. The van der Waals surface area contributed by atoms with Gasteiger partial charge in [0.2, 0.25) is 0 Å². The standard InChI is InChI=1S/C20H22N4/c1-15-3-2-11-24(15)12-8-18-6-4-16-13-17(5-7-19(16)23-18)20-14-21-9-10-22-20/h4-7,9-10,13-15H,2-3,8,11-12H2,1H3/t15-/m1/s1. The maximum Gasteiger partial charge on any atom is 0.0885 e. The first-order valence-electron chi connectivity index (χ1n) is 8.70. The lowest BCUT2D eigenvalue weighted by Crippen LogP contribution is -2.29. The van der Waals surface area contributed by atoms with Crippen LogP contribution in [0.15, 0.2) is 48.9 Å². The van der Waals surface area contributed by atoms with Crippen molar-refractivity contribution in [2.45, 2.75) is 32.2 Å². The molecule has 1 atom stereocenters. The van der Waals surface area contributed by atoms with E-state index in [-0.39, 0.29) is 0 Å². The largest absolute Gasteiger partial charge is 0.300 e. The van der Waals surface area contributed by atoms with Crippen molar-refractivity contribution in [1.82, 2.24) is 19.9 Å². The van der Waals surface area contributed by atoms with Crippen LogP contribution in [0, 0.1) is 0 Å². The quantitative estimate of drug-likeness (QED) is 0.735. The molecule has 0 spiro atoms. The van der Waals surface area contributed by atoms with Gasteiger partial charge in [-0.3, -0.25) is 15.0 Å². The molecule has 1 aliphatic rings. The van der Waals surface area contributed by atoms with Crippen LogP contribution < -0.4 is 0 Å². The Morgan fingerprint density at radius 3 is 2.92 bits per heavy atom. The van der Waals surface area contributed by atoms with E-state index in [9.17, 15) is 0 Å². The Kier molecular flexibility index (Phi) is 4.22. The Labute approximate surface area is 142 Å². The molecule has 4 heteroatoms. The highest BCUT2D eigenvalue weighted by atomic mass is 15.2. The molecular formula is C20H22N4. The van der Waals surface area contributed by atoms with Crippen LogP contribution in [-0.2, 0) is 6.42 Å². The summed E-state index contributed by atoms with van der Waals surface area (Å²) >= 11 is 0. The first-order chi connectivity index (χ1) is 11.8. The molecule has 3 heterocycles. The number of hydrogen-bond acceptors (Lipinski definition) is 4. The molecule has 2 aromatic heterocycles. The fourth-order valence-electron chi connectivity index (χ4n) is 3.50. The van der Waals surface area contributed by atoms with Crippen molar-refractivity contribution in [1.29, 1.82) is 0 Å². The molecule has 1 aliphatic heterocycles. The SMILES string of the molecule is C[C@@H]1CCCN1CCc1ccc2cc(-c3cnccn3)ccc2n1. The van der Waals surface area contributed by atoms with Gasteiger partial charge >= 0.3 is 0 Å². The highest BCUT2D eigenvalue weighted by Crippen LogP contribution is 2.22. The van der Waals surface area contributed by atoms with Crippen molar-refractivity contribution in [3.05, 3.63) is 54.6 Å². The summed E-state index contributed by atoms with van der Waals surface area (Å²) in [5.41, 5.74) is 4.20. The molecule has 0 aliphatic carbocycles. The number of pyridine rings is 1. The smallest absolute Gasteiger partial charge is 0.0885 e.